The number of carbonyl (C=O) groups excluding carboxylic acids is 1. The Labute approximate surface area is 156 Å². The maximum atomic E-state index is 12.2. The molecule has 0 aromatic heterocycles. The maximum Gasteiger partial charge on any atom is 0.224 e. The van der Waals surface area contributed by atoms with Gasteiger partial charge in [-0.2, -0.15) is 0 Å². The smallest absolute Gasteiger partial charge is 0.224 e. The second-order valence-electron chi connectivity index (χ2n) is 7.14. The van der Waals surface area contributed by atoms with E-state index in [0.717, 1.165) is 37.0 Å². The summed E-state index contributed by atoms with van der Waals surface area (Å²) in [4.78, 5) is 12.1. The molecule has 144 valence electrons. The van der Waals surface area contributed by atoms with Gasteiger partial charge in [-0.05, 0) is 56.2 Å². The maximum absolute atomic E-state index is 12.2. The number of nitrogens with zero attached hydrogens (tertiary/aromatic N) is 1. The van der Waals surface area contributed by atoms with E-state index in [1.54, 1.807) is 4.31 Å². The normalized spacial score (nSPS) is 19.3. The first-order valence-electron chi connectivity index (χ1n) is 9.46. The van der Waals surface area contributed by atoms with E-state index in [4.69, 9.17) is 4.74 Å². The molecule has 2 fully saturated rings. The summed E-state index contributed by atoms with van der Waals surface area (Å²) in [5, 5.41) is 2.86. The van der Waals surface area contributed by atoms with Crippen molar-refractivity contribution in [2.75, 3.05) is 26.2 Å². The summed E-state index contributed by atoms with van der Waals surface area (Å²) in [6.45, 7) is 4.34. The van der Waals surface area contributed by atoms with Crippen LogP contribution in [0.1, 0.15) is 38.2 Å². The lowest BCUT2D eigenvalue weighted by molar-refractivity contribution is -0.120. The van der Waals surface area contributed by atoms with E-state index in [-0.39, 0.29) is 11.2 Å². The number of nitrogens with one attached hydrogen (secondary N) is 1. The molecule has 1 aromatic rings. The van der Waals surface area contributed by atoms with Crippen LogP contribution in [0, 0.1) is 5.92 Å². The molecule has 1 amide bonds. The molecule has 2 aliphatic rings. The van der Waals surface area contributed by atoms with Gasteiger partial charge in [-0.25, -0.2) is 12.7 Å². The molecule has 0 atom stereocenters. The highest BCUT2D eigenvalue weighted by Gasteiger charge is 2.41. The standard InChI is InChI=1S/C19H28N2O4S/c1-2-25-17-5-3-15(4-6-17)13-19(22)20-14-16-9-11-21(12-10-16)26(23,24)18-7-8-18/h3-6,16,18H,2,7-14H2,1H3,(H,20,22). The lowest BCUT2D eigenvalue weighted by Crippen LogP contribution is -2.42. The molecule has 0 radical (unpaired) electrons. The number of piperidine rings is 1. The first-order valence-corrected chi connectivity index (χ1v) is 11.0. The fourth-order valence-electron chi connectivity index (χ4n) is 3.32. The van der Waals surface area contributed by atoms with Crippen molar-refractivity contribution in [1.29, 1.82) is 0 Å². The van der Waals surface area contributed by atoms with Crippen LogP contribution in [0.2, 0.25) is 0 Å². The molecule has 3 rings (SSSR count). The van der Waals surface area contributed by atoms with E-state index in [9.17, 15) is 13.2 Å². The Morgan fingerprint density at radius 2 is 1.81 bits per heavy atom. The van der Waals surface area contributed by atoms with Crippen LogP contribution in [-0.4, -0.2) is 50.1 Å². The number of amides is 1. The minimum Gasteiger partial charge on any atom is -0.494 e. The van der Waals surface area contributed by atoms with Gasteiger partial charge in [0, 0.05) is 19.6 Å². The lowest BCUT2D eigenvalue weighted by atomic mass is 9.98. The summed E-state index contributed by atoms with van der Waals surface area (Å²) >= 11 is 0. The topological polar surface area (TPSA) is 75.7 Å². The fraction of sp³-hybridized carbons (Fsp3) is 0.632. The zero-order valence-corrected chi connectivity index (χ0v) is 16.1. The minimum atomic E-state index is -3.06. The molecule has 1 N–H and O–H groups in total. The van der Waals surface area contributed by atoms with Gasteiger partial charge in [0.25, 0.3) is 0 Å². The number of rotatable bonds is 8. The Balaban J connectivity index is 1.38. The van der Waals surface area contributed by atoms with E-state index in [0.29, 0.717) is 38.6 Å². The minimum absolute atomic E-state index is 0.00203. The molecule has 1 saturated carbocycles. The van der Waals surface area contributed by atoms with Crippen molar-refractivity contribution in [2.45, 2.75) is 44.3 Å². The molecule has 1 aromatic carbocycles. The molecule has 1 heterocycles. The third kappa shape index (κ3) is 4.98. The Bertz CT molecular complexity index is 706. The summed E-state index contributed by atoms with van der Waals surface area (Å²) in [5.41, 5.74) is 0.955. The van der Waals surface area contributed by atoms with Gasteiger partial charge in [0.1, 0.15) is 5.75 Å². The van der Waals surface area contributed by atoms with Crippen LogP contribution < -0.4 is 10.1 Å². The predicted octanol–water partition coefficient (Wildman–Crippen LogP) is 1.95. The molecule has 7 heteroatoms. The van der Waals surface area contributed by atoms with Crippen LogP contribution in [0.4, 0.5) is 0 Å². The molecule has 1 saturated heterocycles. The number of ether oxygens (including phenoxy) is 1. The van der Waals surface area contributed by atoms with Gasteiger partial charge in [-0.3, -0.25) is 4.79 Å². The Morgan fingerprint density at radius 1 is 1.15 bits per heavy atom. The molecule has 0 bridgehead atoms. The van der Waals surface area contributed by atoms with Crippen molar-refractivity contribution in [2.24, 2.45) is 5.92 Å². The Morgan fingerprint density at radius 3 is 2.38 bits per heavy atom. The van der Waals surface area contributed by atoms with Crippen molar-refractivity contribution in [3.63, 3.8) is 0 Å². The third-order valence-corrected chi connectivity index (χ3v) is 7.46. The van der Waals surface area contributed by atoms with E-state index in [1.165, 1.54) is 0 Å². The molecule has 0 spiro atoms. The zero-order valence-electron chi connectivity index (χ0n) is 15.3. The first-order chi connectivity index (χ1) is 12.5. The van der Waals surface area contributed by atoms with Crippen LogP contribution in [0.5, 0.6) is 5.75 Å². The highest BCUT2D eigenvalue weighted by Crippen LogP contribution is 2.33. The van der Waals surface area contributed by atoms with E-state index in [1.807, 2.05) is 31.2 Å². The molecule has 0 unspecified atom stereocenters. The number of carbonyl (C=O) groups is 1. The number of benzene rings is 1. The SMILES string of the molecule is CCOc1ccc(CC(=O)NCC2CCN(S(=O)(=O)C3CC3)CC2)cc1. The van der Waals surface area contributed by atoms with Gasteiger partial charge < -0.3 is 10.1 Å². The number of hydrogen-bond acceptors (Lipinski definition) is 4. The van der Waals surface area contributed by atoms with Crippen LogP contribution in [0.25, 0.3) is 0 Å². The number of hydrogen-bond donors (Lipinski definition) is 1. The zero-order chi connectivity index (χ0) is 18.6. The fourth-order valence-corrected chi connectivity index (χ4v) is 5.19. The van der Waals surface area contributed by atoms with E-state index in [2.05, 4.69) is 5.32 Å². The van der Waals surface area contributed by atoms with Crippen molar-refractivity contribution in [3.8, 4) is 5.75 Å². The van der Waals surface area contributed by atoms with Gasteiger partial charge in [0.05, 0.1) is 18.3 Å². The summed E-state index contributed by atoms with van der Waals surface area (Å²) in [6, 6.07) is 7.57. The van der Waals surface area contributed by atoms with Gasteiger partial charge >= 0.3 is 0 Å². The van der Waals surface area contributed by atoms with Crippen molar-refractivity contribution < 1.29 is 17.9 Å². The molecular formula is C19H28N2O4S. The van der Waals surface area contributed by atoms with Gasteiger partial charge in [-0.15, -0.1) is 0 Å². The monoisotopic (exact) mass is 380 g/mol. The van der Waals surface area contributed by atoms with Crippen LogP contribution in [0.15, 0.2) is 24.3 Å². The largest absolute Gasteiger partial charge is 0.494 e. The van der Waals surface area contributed by atoms with Gasteiger partial charge in [-0.1, -0.05) is 12.1 Å². The summed E-state index contributed by atoms with van der Waals surface area (Å²) < 4.78 is 31.5. The molecular weight excluding hydrogens is 352 g/mol. The van der Waals surface area contributed by atoms with Crippen LogP contribution in [0.3, 0.4) is 0 Å². The Hall–Kier alpha value is -1.60. The average Bonchev–Trinajstić information content (AvgIpc) is 3.48. The van der Waals surface area contributed by atoms with Crippen molar-refractivity contribution in [1.82, 2.24) is 9.62 Å². The van der Waals surface area contributed by atoms with Gasteiger partial charge in [0.2, 0.25) is 15.9 Å². The van der Waals surface area contributed by atoms with Crippen molar-refractivity contribution >= 4 is 15.9 Å². The van der Waals surface area contributed by atoms with E-state index >= 15 is 0 Å². The summed E-state index contributed by atoms with van der Waals surface area (Å²) in [6.07, 6.45) is 3.60. The lowest BCUT2D eigenvalue weighted by Gasteiger charge is -2.31. The quantitative estimate of drug-likeness (QED) is 0.748. The second-order valence-corrected chi connectivity index (χ2v) is 9.36. The predicted molar refractivity (Wildman–Crippen MR) is 101 cm³/mol. The highest BCUT2D eigenvalue weighted by atomic mass is 32.2. The average molecular weight is 381 g/mol. The van der Waals surface area contributed by atoms with Crippen LogP contribution >= 0.6 is 0 Å². The molecule has 6 nitrogen and oxygen atoms in total. The second kappa shape index (κ2) is 8.39. The molecule has 1 aliphatic heterocycles. The number of sulfonamides is 1. The highest BCUT2D eigenvalue weighted by molar-refractivity contribution is 7.90. The molecule has 26 heavy (non-hydrogen) atoms. The Kier molecular flexibility index (Phi) is 6.19. The summed E-state index contributed by atoms with van der Waals surface area (Å²) in [7, 11) is -3.06. The first kappa shape index (κ1) is 19.2. The van der Waals surface area contributed by atoms with Crippen molar-refractivity contribution in [3.05, 3.63) is 29.8 Å². The molecule has 1 aliphatic carbocycles. The summed E-state index contributed by atoms with van der Waals surface area (Å²) in [5.74, 6) is 1.16. The van der Waals surface area contributed by atoms with E-state index < -0.39 is 10.0 Å². The third-order valence-electron chi connectivity index (χ3n) is 5.07. The van der Waals surface area contributed by atoms with Gasteiger partial charge in [0.15, 0.2) is 0 Å². The van der Waals surface area contributed by atoms with Crippen LogP contribution in [-0.2, 0) is 21.2 Å².